The Balaban J connectivity index is 1.53. The fourth-order valence-corrected chi connectivity index (χ4v) is 8.69. The summed E-state index contributed by atoms with van der Waals surface area (Å²) in [5.74, 6) is -0.0616. The Kier molecular flexibility index (Phi) is 6.44. The molecule has 6 rings (SSSR count). The molecule has 9 heteroatoms. The molecule has 2 aromatic carbocycles. The number of aliphatic hydroxyl groups is 1. The van der Waals surface area contributed by atoms with E-state index < -0.39 is 34.5 Å². The molecule has 3 heterocycles. The largest absolute Gasteiger partial charge is 0.497 e. The molecule has 6 atom stereocenters. The molecule has 0 aromatic heterocycles. The summed E-state index contributed by atoms with van der Waals surface area (Å²) in [6.45, 7) is 5.03. The zero-order valence-corrected chi connectivity index (χ0v) is 24.1. The van der Waals surface area contributed by atoms with Gasteiger partial charge in [0.15, 0.2) is 0 Å². The van der Waals surface area contributed by atoms with Gasteiger partial charge in [-0.25, -0.2) is 0 Å². The van der Waals surface area contributed by atoms with E-state index in [1.807, 2.05) is 19.2 Å². The number of anilines is 1. The highest BCUT2D eigenvalue weighted by Crippen LogP contribution is 2.67. The number of nitrogens with zero attached hydrogens (tertiary/aromatic N) is 2. The third-order valence-corrected chi connectivity index (χ3v) is 10.1. The summed E-state index contributed by atoms with van der Waals surface area (Å²) in [6, 6.07) is 12.3. The van der Waals surface area contributed by atoms with E-state index in [0.717, 1.165) is 36.5 Å². The van der Waals surface area contributed by atoms with Crippen LogP contribution >= 0.6 is 11.6 Å². The number of ether oxygens (including phenoxy) is 2. The van der Waals surface area contributed by atoms with Crippen LogP contribution in [0.1, 0.15) is 42.6 Å². The van der Waals surface area contributed by atoms with E-state index in [1.54, 1.807) is 31.4 Å². The third kappa shape index (κ3) is 3.58. The van der Waals surface area contributed by atoms with Gasteiger partial charge in [0.2, 0.25) is 0 Å². The van der Waals surface area contributed by atoms with E-state index in [-0.39, 0.29) is 18.5 Å². The molecule has 1 saturated heterocycles. The highest BCUT2D eigenvalue weighted by atomic mass is 35.5. The number of hydrogen-bond acceptors (Lipinski definition) is 7. The molecule has 2 unspecified atom stereocenters. The summed E-state index contributed by atoms with van der Waals surface area (Å²) in [5.41, 5.74) is -0.184. The highest BCUT2D eigenvalue weighted by molar-refractivity contribution is 6.30. The second-order valence-corrected chi connectivity index (χ2v) is 12.1. The molecule has 4 aliphatic rings. The molecule has 1 spiro atoms. The number of carbonyl (C=O) groups excluding carboxylic acids is 2. The molecule has 1 aliphatic carbocycles. The summed E-state index contributed by atoms with van der Waals surface area (Å²) in [5, 5.41) is 16.6. The van der Waals surface area contributed by atoms with Crippen molar-refractivity contribution < 1.29 is 24.2 Å². The maximum Gasteiger partial charge on any atom is 0.303 e. The zero-order chi connectivity index (χ0) is 28.4. The molecule has 2 aromatic rings. The first-order chi connectivity index (χ1) is 19.1. The molecule has 2 fully saturated rings. The molecule has 1 saturated carbocycles. The van der Waals surface area contributed by atoms with E-state index in [1.165, 1.54) is 6.92 Å². The van der Waals surface area contributed by atoms with Crippen molar-refractivity contribution in [2.75, 3.05) is 38.7 Å². The number of methoxy groups -OCH3 is 1. The van der Waals surface area contributed by atoms with E-state index in [2.05, 4.69) is 40.3 Å². The number of halogens is 1. The monoisotopic (exact) mass is 565 g/mol. The third-order valence-electron chi connectivity index (χ3n) is 9.85. The lowest BCUT2D eigenvalue weighted by Crippen LogP contribution is -2.81. The van der Waals surface area contributed by atoms with Crippen LogP contribution in [-0.4, -0.2) is 79.5 Å². The van der Waals surface area contributed by atoms with E-state index in [4.69, 9.17) is 21.1 Å². The summed E-state index contributed by atoms with van der Waals surface area (Å²) in [6.07, 6.45) is 4.89. The van der Waals surface area contributed by atoms with Gasteiger partial charge in [-0.3, -0.25) is 14.5 Å². The maximum atomic E-state index is 13.3. The van der Waals surface area contributed by atoms with Crippen molar-refractivity contribution >= 4 is 29.2 Å². The molecule has 3 aliphatic heterocycles. The number of amides is 1. The lowest BCUT2D eigenvalue weighted by molar-refractivity contribution is -0.216. The molecule has 2 N–H and O–H groups in total. The van der Waals surface area contributed by atoms with Crippen LogP contribution in [0, 0.1) is 5.41 Å². The van der Waals surface area contributed by atoms with Crippen LogP contribution in [0.25, 0.3) is 0 Å². The number of nitrogens with one attached hydrogen (secondary N) is 1. The van der Waals surface area contributed by atoms with Crippen LogP contribution in [-0.2, 0) is 14.9 Å². The minimum absolute atomic E-state index is 0.00585. The van der Waals surface area contributed by atoms with Crippen LogP contribution in [0.5, 0.6) is 5.75 Å². The summed E-state index contributed by atoms with van der Waals surface area (Å²) in [7, 11) is 3.63. The van der Waals surface area contributed by atoms with Crippen molar-refractivity contribution in [2.24, 2.45) is 5.41 Å². The summed E-state index contributed by atoms with van der Waals surface area (Å²) in [4.78, 5) is 30.6. The van der Waals surface area contributed by atoms with Crippen molar-refractivity contribution in [3.63, 3.8) is 0 Å². The summed E-state index contributed by atoms with van der Waals surface area (Å²) < 4.78 is 11.7. The number of carbonyl (C=O) groups is 2. The Morgan fingerprint density at radius 3 is 2.60 bits per heavy atom. The SMILES string of the molecule is CC[C@]12C=CCN3CC[C@@]4(c5ccc(OC)cc5N(C)[C@H]4C(O)(CNC(=O)c4ccc(Cl)cc4)[C@@H]1OC(C)=O)C32. The quantitative estimate of drug-likeness (QED) is 0.409. The summed E-state index contributed by atoms with van der Waals surface area (Å²) >= 11 is 6.03. The van der Waals surface area contributed by atoms with Gasteiger partial charge in [0.05, 0.1) is 19.7 Å². The van der Waals surface area contributed by atoms with Crippen molar-refractivity contribution in [1.29, 1.82) is 0 Å². The maximum absolute atomic E-state index is 13.3. The van der Waals surface area contributed by atoms with Crippen LogP contribution in [0.4, 0.5) is 5.69 Å². The Morgan fingerprint density at radius 1 is 1.18 bits per heavy atom. The van der Waals surface area contributed by atoms with Gasteiger partial charge in [-0.05, 0) is 55.3 Å². The number of hydrogen-bond donors (Lipinski definition) is 2. The van der Waals surface area contributed by atoms with E-state index in [9.17, 15) is 14.7 Å². The van der Waals surface area contributed by atoms with Crippen LogP contribution in [0.3, 0.4) is 0 Å². The molecular formula is C31H36ClN3O5. The normalized spacial score (nSPS) is 33.6. The lowest BCUT2D eigenvalue weighted by Gasteiger charge is -2.64. The fourth-order valence-electron chi connectivity index (χ4n) is 8.57. The van der Waals surface area contributed by atoms with E-state index >= 15 is 0 Å². The number of rotatable bonds is 6. The number of fused-ring (bicyclic) bond motifs is 1. The molecule has 40 heavy (non-hydrogen) atoms. The average Bonchev–Trinajstić information content (AvgIpc) is 3.46. The van der Waals surface area contributed by atoms with Gasteiger partial charge in [-0.2, -0.15) is 0 Å². The fraction of sp³-hybridized carbons (Fsp3) is 0.484. The first kappa shape index (κ1) is 27.1. The van der Waals surface area contributed by atoms with E-state index in [0.29, 0.717) is 17.0 Å². The van der Waals surface area contributed by atoms with Gasteiger partial charge in [-0.15, -0.1) is 0 Å². The molecule has 1 amide bonds. The number of benzene rings is 2. The van der Waals surface area contributed by atoms with Gasteiger partial charge in [0.25, 0.3) is 5.91 Å². The Hall–Kier alpha value is -3.07. The predicted octanol–water partition coefficient (Wildman–Crippen LogP) is 3.55. The van der Waals surface area contributed by atoms with Gasteiger partial charge < -0.3 is 24.8 Å². The van der Waals surface area contributed by atoms with Crippen LogP contribution in [0.15, 0.2) is 54.6 Å². The van der Waals surface area contributed by atoms with Gasteiger partial charge >= 0.3 is 5.97 Å². The molecule has 8 nitrogen and oxygen atoms in total. The van der Waals surface area contributed by atoms with Crippen molar-refractivity contribution in [2.45, 2.75) is 55.9 Å². The first-order valence-corrected chi connectivity index (χ1v) is 14.3. The Bertz CT molecular complexity index is 1380. The average molecular weight is 566 g/mol. The van der Waals surface area contributed by atoms with Crippen molar-refractivity contribution in [3.05, 3.63) is 70.8 Å². The smallest absolute Gasteiger partial charge is 0.303 e. The minimum atomic E-state index is -1.63. The molecule has 0 bridgehead atoms. The molecular weight excluding hydrogens is 530 g/mol. The Labute approximate surface area is 239 Å². The van der Waals surface area contributed by atoms with Crippen LogP contribution < -0.4 is 15.0 Å². The van der Waals surface area contributed by atoms with Gasteiger partial charge in [-0.1, -0.05) is 36.7 Å². The van der Waals surface area contributed by atoms with Crippen molar-refractivity contribution in [3.8, 4) is 5.75 Å². The first-order valence-electron chi connectivity index (χ1n) is 13.9. The molecule has 0 radical (unpaired) electrons. The zero-order valence-electron chi connectivity index (χ0n) is 23.3. The number of likely N-dealkylation sites (N-methyl/N-ethyl adjacent to an activating group) is 1. The second-order valence-electron chi connectivity index (χ2n) is 11.6. The second kappa shape index (κ2) is 9.50. The molecule has 212 valence electrons. The minimum Gasteiger partial charge on any atom is -0.497 e. The predicted molar refractivity (Wildman–Crippen MR) is 153 cm³/mol. The lowest BCUT2D eigenvalue weighted by atomic mass is 9.47. The van der Waals surface area contributed by atoms with Gasteiger partial charge in [0.1, 0.15) is 17.5 Å². The number of esters is 1. The van der Waals surface area contributed by atoms with Crippen LogP contribution in [0.2, 0.25) is 5.02 Å². The highest BCUT2D eigenvalue weighted by Gasteiger charge is 2.77. The Morgan fingerprint density at radius 2 is 1.93 bits per heavy atom. The standard InChI is InChI=1S/C31H36ClN3O5/c1-5-29-13-6-15-35-16-14-30(26(29)35)23-12-11-22(39-4)17-24(23)34(3)27(30)31(38,28(29)40-19(2)36)18-33-25(37)20-7-9-21(32)10-8-20/h6-13,17,26-28,38H,5,14-16,18H2,1-4H3,(H,33,37)/t26?,27-,28-,29-,30-,31?/m1/s1. The van der Waals surface area contributed by atoms with Gasteiger partial charge in [0, 0.05) is 59.7 Å². The van der Waals surface area contributed by atoms with Crippen molar-refractivity contribution in [1.82, 2.24) is 10.2 Å². The topological polar surface area (TPSA) is 91.3 Å².